The highest BCUT2D eigenvalue weighted by atomic mass is 32.1. The van der Waals surface area contributed by atoms with Gasteiger partial charge in [0, 0.05) is 30.7 Å². The Kier molecular flexibility index (Phi) is 4.82. The maximum Gasteiger partial charge on any atom is 0.258 e. The van der Waals surface area contributed by atoms with Crippen molar-refractivity contribution in [3.05, 3.63) is 57.5 Å². The average Bonchev–Trinajstić information content (AvgIpc) is 3.03. The van der Waals surface area contributed by atoms with E-state index in [9.17, 15) is 4.79 Å². The van der Waals surface area contributed by atoms with Crippen LogP contribution in [0.5, 0.6) is 11.5 Å². The molecule has 0 N–H and O–H groups in total. The Bertz CT molecular complexity index is 903. The first-order valence-corrected chi connectivity index (χ1v) is 8.34. The molecule has 3 aromatic rings. The van der Waals surface area contributed by atoms with E-state index in [4.69, 9.17) is 9.47 Å². The first-order chi connectivity index (χ1) is 11.6. The van der Waals surface area contributed by atoms with Gasteiger partial charge in [-0.15, -0.1) is 11.3 Å². The lowest BCUT2D eigenvalue weighted by atomic mass is 10.2. The highest BCUT2D eigenvalue weighted by molar-refractivity contribution is 7.15. The summed E-state index contributed by atoms with van der Waals surface area (Å²) < 4.78 is 12.1. The van der Waals surface area contributed by atoms with Gasteiger partial charge in [-0.1, -0.05) is 6.07 Å². The number of aromatic nitrogens is 2. The molecule has 0 aliphatic carbocycles. The van der Waals surface area contributed by atoms with Crippen LogP contribution in [0.2, 0.25) is 0 Å². The van der Waals surface area contributed by atoms with Crippen LogP contribution in [0.4, 0.5) is 0 Å². The summed E-state index contributed by atoms with van der Waals surface area (Å²) in [7, 11) is 5.24. The van der Waals surface area contributed by atoms with Gasteiger partial charge in [0.15, 0.2) is 16.5 Å². The number of fused-ring (bicyclic) bond motifs is 1. The minimum atomic E-state index is -0.0456. The van der Waals surface area contributed by atoms with E-state index in [1.165, 1.54) is 11.3 Å². The van der Waals surface area contributed by atoms with Crippen molar-refractivity contribution in [2.75, 3.05) is 21.3 Å². The summed E-state index contributed by atoms with van der Waals surface area (Å²) in [5, 5.41) is 1.86. The molecule has 0 amide bonds. The second kappa shape index (κ2) is 7.02. The summed E-state index contributed by atoms with van der Waals surface area (Å²) in [6.45, 7) is 1.31. The Labute approximate surface area is 143 Å². The van der Waals surface area contributed by atoms with E-state index in [0.717, 1.165) is 16.2 Å². The van der Waals surface area contributed by atoms with Crippen LogP contribution in [0.3, 0.4) is 0 Å². The molecule has 1 aromatic carbocycles. The van der Waals surface area contributed by atoms with E-state index >= 15 is 0 Å². The van der Waals surface area contributed by atoms with Crippen molar-refractivity contribution in [3.8, 4) is 11.5 Å². The van der Waals surface area contributed by atoms with Gasteiger partial charge in [-0.05, 0) is 24.7 Å². The standard InChI is InChI=1S/C17H19N3O3S/c1-19(10-12-4-5-14(22-2)15(8-12)23-3)11-13-9-16(21)20-6-7-24-17(20)18-13/h4-9H,10-11H2,1-3H3. The highest BCUT2D eigenvalue weighted by Gasteiger charge is 2.09. The Morgan fingerprint density at radius 1 is 1.17 bits per heavy atom. The van der Waals surface area contributed by atoms with Crippen molar-refractivity contribution in [1.29, 1.82) is 0 Å². The minimum absolute atomic E-state index is 0.0456. The average molecular weight is 345 g/mol. The second-order valence-corrected chi connectivity index (χ2v) is 6.38. The zero-order chi connectivity index (χ0) is 17.1. The fourth-order valence-corrected chi connectivity index (χ4v) is 3.33. The third-order valence-corrected chi connectivity index (χ3v) is 4.45. The van der Waals surface area contributed by atoms with Crippen molar-refractivity contribution in [2.45, 2.75) is 13.1 Å². The number of hydrogen-bond donors (Lipinski definition) is 0. The van der Waals surface area contributed by atoms with Crippen molar-refractivity contribution in [3.63, 3.8) is 0 Å². The van der Waals surface area contributed by atoms with Crippen LogP contribution < -0.4 is 15.0 Å². The van der Waals surface area contributed by atoms with Gasteiger partial charge < -0.3 is 9.47 Å². The molecule has 7 heteroatoms. The quantitative estimate of drug-likeness (QED) is 0.687. The summed E-state index contributed by atoms with van der Waals surface area (Å²) >= 11 is 1.46. The third kappa shape index (κ3) is 3.42. The van der Waals surface area contributed by atoms with E-state index in [0.29, 0.717) is 24.6 Å². The van der Waals surface area contributed by atoms with Crippen LogP contribution in [0.25, 0.3) is 4.96 Å². The van der Waals surface area contributed by atoms with Crippen LogP contribution in [-0.2, 0) is 13.1 Å². The minimum Gasteiger partial charge on any atom is -0.493 e. The molecule has 0 bridgehead atoms. The van der Waals surface area contributed by atoms with Gasteiger partial charge in [0.05, 0.1) is 19.9 Å². The lowest BCUT2D eigenvalue weighted by molar-refractivity contribution is 0.313. The van der Waals surface area contributed by atoms with Gasteiger partial charge in [0.25, 0.3) is 5.56 Å². The number of benzene rings is 1. The number of thiazole rings is 1. The second-order valence-electron chi connectivity index (χ2n) is 5.50. The molecule has 0 aliphatic heterocycles. The topological polar surface area (TPSA) is 56.1 Å². The maximum atomic E-state index is 12.0. The van der Waals surface area contributed by atoms with E-state index in [-0.39, 0.29) is 5.56 Å². The molecular formula is C17H19N3O3S. The molecule has 0 fully saturated rings. The Morgan fingerprint density at radius 3 is 2.71 bits per heavy atom. The molecule has 0 radical (unpaired) electrons. The number of nitrogens with zero attached hydrogens (tertiary/aromatic N) is 3. The molecule has 0 unspecified atom stereocenters. The predicted molar refractivity (Wildman–Crippen MR) is 94.1 cm³/mol. The summed E-state index contributed by atoms with van der Waals surface area (Å²) in [4.78, 5) is 19.4. The molecule has 0 saturated carbocycles. The Morgan fingerprint density at radius 2 is 1.96 bits per heavy atom. The van der Waals surface area contributed by atoms with Gasteiger partial charge in [0.1, 0.15) is 0 Å². The fourth-order valence-electron chi connectivity index (χ4n) is 2.59. The van der Waals surface area contributed by atoms with Crippen LogP contribution in [0.1, 0.15) is 11.3 Å². The third-order valence-electron chi connectivity index (χ3n) is 3.69. The molecule has 126 valence electrons. The number of rotatable bonds is 6. The maximum absolute atomic E-state index is 12.0. The Hall–Kier alpha value is -2.38. The smallest absolute Gasteiger partial charge is 0.258 e. The monoisotopic (exact) mass is 345 g/mol. The van der Waals surface area contributed by atoms with Crippen molar-refractivity contribution in [1.82, 2.24) is 14.3 Å². The van der Waals surface area contributed by atoms with Crippen molar-refractivity contribution >= 4 is 16.3 Å². The van der Waals surface area contributed by atoms with Gasteiger partial charge in [-0.3, -0.25) is 14.1 Å². The molecule has 0 spiro atoms. The SMILES string of the molecule is COc1ccc(CN(C)Cc2cc(=O)n3ccsc3n2)cc1OC. The van der Waals surface area contributed by atoms with Crippen molar-refractivity contribution < 1.29 is 9.47 Å². The molecule has 2 aromatic heterocycles. The summed E-state index contributed by atoms with van der Waals surface area (Å²) in [5.74, 6) is 1.42. The van der Waals surface area contributed by atoms with Crippen LogP contribution in [0, 0.1) is 0 Å². The molecule has 0 aliphatic rings. The van der Waals surface area contributed by atoms with E-state index in [1.807, 2.05) is 30.6 Å². The number of methoxy groups -OCH3 is 2. The normalized spacial score (nSPS) is 11.2. The number of hydrogen-bond acceptors (Lipinski definition) is 6. The van der Waals surface area contributed by atoms with Gasteiger partial charge in [-0.25, -0.2) is 4.98 Å². The fraction of sp³-hybridized carbons (Fsp3) is 0.294. The van der Waals surface area contributed by atoms with Gasteiger partial charge >= 0.3 is 0 Å². The van der Waals surface area contributed by atoms with Gasteiger partial charge in [0.2, 0.25) is 0 Å². The van der Waals surface area contributed by atoms with E-state index in [1.54, 1.807) is 30.9 Å². The van der Waals surface area contributed by atoms with Crippen LogP contribution >= 0.6 is 11.3 Å². The van der Waals surface area contributed by atoms with Crippen LogP contribution in [0.15, 0.2) is 40.6 Å². The lowest BCUT2D eigenvalue weighted by Gasteiger charge is -2.17. The van der Waals surface area contributed by atoms with Crippen molar-refractivity contribution in [2.24, 2.45) is 0 Å². The molecule has 6 nitrogen and oxygen atoms in total. The molecule has 0 saturated heterocycles. The molecular weight excluding hydrogens is 326 g/mol. The van der Waals surface area contributed by atoms with Crippen LogP contribution in [-0.4, -0.2) is 35.6 Å². The zero-order valence-electron chi connectivity index (χ0n) is 13.9. The first kappa shape index (κ1) is 16.5. The molecule has 3 rings (SSSR count). The molecule has 24 heavy (non-hydrogen) atoms. The molecule has 0 atom stereocenters. The Balaban J connectivity index is 1.74. The zero-order valence-corrected chi connectivity index (χ0v) is 14.7. The lowest BCUT2D eigenvalue weighted by Crippen LogP contribution is -2.21. The van der Waals surface area contributed by atoms with E-state index in [2.05, 4.69) is 9.88 Å². The van der Waals surface area contributed by atoms with E-state index < -0.39 is 0 Å². The summed E-state index contributed by atoms with van der Waals surface area (Å²) in [6.07, 6.45) is 1.74. The number of ether oxygens (including phenoxy) is 2. The van der Waals surface area contributed by atoms with Gasteiger partial charge in [-0.2, -0.15) is 0 Å². The largest absolute Gasteiger partial charge is 0.493 e. The highest BCUT2D eigenvalue weighted by Crippen LogP contribution is 2.28. The predicted octanol–water partition coefficient (Wildman–Crippen LogP) is 2.41. The summed E-state index contributed by atoms with van der Waals surface area (Å²) in [5.41, 5.74) is 1.82. The summed E-state index contributed by atoms with van der Waals surface area (Å²) in [6, 6.07) is 7.44. The molecule has 2 heterocycles. The first-order valence-electron chi connectivity index (χ1n) is 7.46.